The Morgan fingerprint density at radius 2 is 2.19 bits per heavy atom. The molecule has 5 heteroatoms. The third kappa shape index (κ3) is 3.45. The van der Waals surface area contributed by atoms with Crippen molar-refractivity contribution in [2.45, 2.75) is 20.8 Å². The van der Waals surface area contributed by atoms with Gasteiger partial charge in [0.25, 0.3) is 0 Å². The Hall–Kier alpha value is -1.81. The zero-order chi connectivity index (χ0) is 15.4. The van der Waals surface area contributed by atoms with E-state index in [1.807, 2.05) is 12.1 Å². The molecule has 4 nitrogen and oxygen atoms in total. The van der Waals surface area contributed by atoms with Crippen molar-refractivity contribution in [3.05, 3.63) is 35.0 Å². The summed E-state index contributed by atoms with van der Waals surface area (Å²) in [6.07, 6.45) is 1.52. The van der Waals surface area contributed by atoms with Gasteiger partial charge in [0.2, 0.25) is 0 Å². The van der Waals surface area contributed by atoms with Crippen LogP contribution in [0.25, 0.3) is 10.9 Å². The van der Waals surface area contributed by atoms with Crippen LogP contribution in [0.5, 0.6) is 0 Å². The minimum absolute atomic E-state index is 0.329. The number of anilines is 1. The third-order valence-corrected chi connectivity index (χ3v) is 3.34. The van der Waals surface area contributed by atoms with E-state index in [9.17, 15) is 4.79 Å². The molecule has 0 unspecified atom stereocenters. The highest BCUT2D eigenvalue weighted by Gasteiger charge is 2.17. The molecule has 0 atom stereocenters. The lowest BCUT2D eigenvalue weighted by Gasteiger charge is -2.15. The summed E-state index contributed by atoms with van der Waals surface area (Å²) in [6, 6.07) is 5.54. The number of esters is 1. The van der Waals surface area contributed by atoms with Gasteiger partial charge in [-0.25, -0.2) is 4.79 Å². The Morgan fingerprint density at radius 1 is 1.43 bits per heavy atom. The van der Waals surface area contributed by atoms with Crippen molar-refractivity contribution < 1.29 is 9.53 Å². The van der Waals surface area contributed by atoms with Crippen LogP contribution in [0.4, 0.5) is 5.69 Å². The lowest BCUT2D eigenvalue weighted by atomic mass is 10.1. The first-order valence-corrected chi connectivity index (χ1v) is 7.40. The summed E-state index contributed by atoms with van der Waals surface area (Å²) in [5.41, 5.74) is 1.85. The van der Waals surface area contributed by atoms with Crippen molar-refractivity contribution >= 4 is 34.2 Å². The molecular formula is C16H19ClN2O2. The molecule has 1 heterocycles. The van der Waals surface area contributed by atoms with Crippen molar-refractivity contribution in [1.29, 1.82) is 0 Å². The summed E-state index contributed by atoms with van der Waals surface area (Å²) in [4.78, 5) is 16.4. The number of nitrogens with zero attached hydrogens (tertiary/aromatic N) is 1. The maximum Gasteiger partial charge on any atom is 0.341 e. The fourth-order valence-corrected chi connectivity index (χ4v) is 2.27. The van der Waals surface area contributed by atoms with Gasteiger partial charge in [0, 0.05) is 18.1 Å². The van der Waals surface area contributed by atoms with Crippen molar-refractivity contribution in [1.82, 2.24) is 4.98 Å². The van der Waals surface area contributed by atoms with Crippen molar-refractivity contribution in [3.8, 4) is 0 Å². The monoisotopic (exact) mass is 306 g/mol. The fraction of sp³-hybridized carbons (Fsp3) is 0.375. The molecule has 0 aliphatic heterocycles. The summed E-state index contributed by atoms with van der Waals surface area (Å²) in [6.45, 7) is 7.07. The minimum atomic E-state index is -0.377. The molecule has 2 aromatic rings. The maximum absolute atomic E-state index is 12.1. The summed E-state index contributed by atoms with van der Waals surface area (Å²) < 4.78 is 5.10. The van der Waals surface area contributed by atoms with Crippen LogP contribution in [0.1, 0.15) is 31.1 Å². The Morgan fingerprint density at radius 3 is 2.86 bits per heavy atom. The fourth-order valence-electron chi connectivity index (χ4n) is 2.05. The number of nitrogens with one attached hydrogen (secondary N) is 1. The first-order chi connectivity index (χ1) is 10.0. The van der Waals surface area contributed by atoms with E-state index in [4.69, 9.17) is 16.3 Å². The van der Waals surface area contributed by atoms with Crippen molar-refractivity contribution in [2.24, 2.45) is 5.92 Å². The molecule has 1 aromatic carbocycles. The highest BCUT2D eigenvalue weighted by Crippen LogP contribution is 2.30. The number of rotatable bonds is 5. The van der Waals surface area contributed by atoms with E-state index in [0.717, 1.165) is 17.6 Å². The van der Waals surface area contributed by atoms with E-state index in [2.05, 4.69) is 24.1 Å². The van der Waals surface area contributed by atoms with Gasteiger partial charge in [-0.1, -0.05) is 37.6 Å². The van der Waals surface area contributed by atoms with Gasteiger partial charge in [-0.15, -0.1) is 0 Å². The van der Waals surface area contributed by atoms with E-state index in [1.165, 1.54) is 6.20 Å². The van der Waals surface area contributed by atoms with Crippen molar-refractivity contribution in [3.63, 3.8) is 0 Å². The Balaban J connectivity index is 2.56. The number of aromatic nitrogens is 1. The Bertz CT molecular complexity index is 656. The third-order valence-electron chi connectivity index (χ3n) is 3.03. The number of fused-ring (bicyclic) bond motifs is 1. The molecule has 21 heavy (non-hydrogen) atoms. The predicted molar refractivity (Wildman–Crippen MR) is 86.0 cm³/mol. The predicted octanol–water partition coefficient (Wildman–Crippen LogP) is 4.13. The topological polar surface area (TPSA) is 51.2 Å². The Labute approximate surface area is 129 Å². The molecule has 112 valence electrons. The number of carbonyl (C=O) groups excluding carboxylic acids is 1. The molecule has 0 radical (unpaired) electrons. The average Bonchev–Trinajstić information content (AvgIpc) is 2.45. The molecule has 0 aliphatic rings. The summed E-state index contributed by atoms with van der Waals surface area (Å²) in [7, 11) is 0. The van der Waals surface area contributed by atoms with E-state index in [1.54, 1.807) is 13.0 Å². The van der Waals surface area contributed by atoms with E-state index >= 15 is 0 Å². The van der Waals surface area contributed by atoms with Crippen LogP contribution in [0.3, 0.4) is 0 Å². The number of para-hydroxylation sites is 1. The molecule has 0 amide bonds. The number of pyridine rings is 1. The molecule has 0 aliphatic carbocycles. The lowest BCUT2D eigenvalue weighted by molar-refractivity contribution is 0.0527. The molecule has 1 aromatic heterocycles. The number of hydrogen-bond donors (Lipinski definition) is 1. The first-order valence-electron chi connectivity index (χ1n) is 7.02. The van der Waals surface area contributed by atoms with Gasteiger partial charge in [-0.05, 0) is 18.9 Å². The summed E-state index contributed by atoms with van der Waals surface area (Å²) in [5.74, 6) is 0.0700. The smallest absolute Gasteiger partial charge is 0.341 e. The van der Waals surface area contributed by atoms with Crippen LogP contribution in [-0.4, -0.2) is 24.1 Å². The van der Waals surface area contributed by atoms with E-state index in [-0.39, 0.29) is 5.97 Å². The second-order valence-corrected chi connectivity index (χ2v) is 5.59. The van der Waals surface area contributed by atoms with Crippen molar-refractivity contribution in [2.75, 3.05) is 18.5 Å². The van der Waals surface area contributed by atoms with Crippen LogP contribution < -0.4 is 5.32 Å². The minimum Gasteiger partial charge on any atom is -0.462 e. The summed E-state index contributed by atoms with van der Waals surface area (Å²) in [5, 5.41) is 4.72. The van der Waals surface area contributed by atoms with E-state index < -0.39 is 0 Å². The highest BCUT2D eigenvalue weighted by atomic mass is 35.5. The number of carbonyl (C=O) groups is 1. The van der Waals surface area contributed by atoms with Gasteiger partial charge >= 0.3 is 5.97 Å². The molecule has 1 N–H and O–H groups in total. The van der Waals surface area contributed by atoms with Gasteiger partial charge in [0.05, 0.1) is 22.8 Å². The van der Waals surface area contributed by atoms with Crippen LogP contribution in [0, 0.1) is 5.92 Å². The SMILES string of the molecule is CCOC(=O)c1cnc2c(Cl)cccc2c1NCC(C)C. The molecular weight excluding hydrogens is 288 g/mol. The van der Waals surface area contributed by atoms with E-state index in [0.29, 0.717) is 28.6 Å². The number of benzene rings is 1. The van der Waals surface area contributed by atoms with Gasteiger partial charge in [0.1, 0.15) is 5.56 Å². The number of hydrogen-bond acceptors (Lipinski definition) is 4. The Kier molecular flexibility index (Phi) is 5.02. The van der Waals surface area contributed by atoms with Gasteiger partial charge in [-0.2, -0.15) is 0 Å². The molecule has 0 spiro atoms. The first kappa shape index (κ1) is 15.6. The standard InChI is InChI=1S/C16H19ClN2O2/c1-4-21-16(20)12-9-19-15-11(6-5-7-13(15)17)14(12)18-8-10(2)3/h5-7,9-10H,4,8H2,1-3H3,(H,18,19). The number of ether oxygens (including phenoxy) is 1. The molecule has 2 rings (SSSR count). The van der Waals surface area contributed by atoms with Gasteiger partial charge in [-0.3, -0.25) is 4.98 Å². The second-order valence-electron chi connectivity index (χ2n) is 5.18. The number of halogens is 1. The van der Waals surface area contributed by atoms with Crippen LogP contribution in [-0.2, 0) is 4.74 Å². The molecule has 0 saturated heterocycles. The normalized spacial score (nSPS) is 10.9. The van der Waals surface area contributed by atoms with Crippen LogP contribution in [0.15, 0.2) is 24.4 Å². The van der Waals surface area contributed by atoms with Crippen LogP contribution in [0.2, 0.25) is 5.02 Å². The maximum atomic E-state index is 12.1. The highest BCUT2D eigenvalue weighted by molar-refractivity contribution is 6.35. The quantitative estimate of drug-likeness (QED) is 0.844. The molecule has 0 fully saturated rings. The zero-order valence-electron chi connectivity index (χ0n) is 12.4. The van der Waals surface area contributed by atoms with Gasteiger partial charge < -0.3 is 10.1 Å². The lowest BCUT2D eigenvalue weighted by Crippen LogP contribution is -2.14. The largest absolute Gasteiger partial charge is 0.462 e. The second kappa shape index (κ2) is 6.76. The summed E-state index contributed by atoms with van der Waals surface area (Å²) >= 11 is 6.18. The van der Waals surface area contributed by atoms with Crippen LogP contribution >= 0.6 is 11.6 Å². The molecule has 0 saturated carbocycles. The zero-order valence-corrected chi connectivity index (χ0v) is 13.2. The average molecular weight is 307 g/mol. The van der Waals surface area contributed by atoms with Gasteiger partial charge in [0.15, 0.2) is 0 Å². The molecule has 0 bridgehead atoms.